The molecule has 3 amide bonds. The van der Waals surface area contributed by atoms with Crippen LogP contribution in [0.2, 0.25) is 0 Å². The Morgan fingerprint density at radius 1 is 1.00 bits per heavy atom. The highest BCUT2D eigenvalue weighted by Crippen LogP contribution is 2.35. The van der Waals surface area contributed by atoms with Crippen LogP contribution in [0.4, 0.5) is 5.69 Å². The fourth-order valence-corrected chi connectivity index (χ4v) is 5.81. The highest BCUT2D eigenvalue weighted by molar-refractivity contribution is 8.15. The van der Waals surface area contributed by atoms with Crippen LogP contribution in [0.1, 0.15) is 42.0 Å². The summed E-state index contributed by atoms with van der Waals surface area (Å²) in [5, 5.41) is 5.79. The van der Waals surface area contributed by atoms with Crippen molar-refractivity contribution in [2.45, 2.75) is 51.1 Å². The number of hydrogen-bond acceptors (Lipinski definition) is 7. The van der Waals surface area contributed by atoms with Crippen LogP contribution in [-0.4, -0.2) is 52.0 Å². The number of amides is 3. The van der Waals surface area contributed by atoms with Crippen LogP contribution in [0.5, 0.6) is 5.75 Å². The van der Waals surface area contributed by atoms with E-state index in [9.17, 15) is 14.4 Å². The summed E-state index contributed by atoms with van der Waals surface area (Å²) in [5.41, 5.74) is 4.38. The molecule has 0 saturated heterocycles. The SMILES string of the molecule is CC[C@H](SC1=Nc2ccccc2C2=N[C@@H](CC(=O)NCc3ccccc3OC)C(=O)N12)C(=O)NCc1ccc(C)cc1. The minimum Gasteiger partial charge on any atom is -0.496 e. The van der Waals surface area contributed by atoms with E-state index in [-0.39, 0.29) is 30.7 Å². The van der Waals surface area contributed by atoms with E-state index in [4.69, 9.17) is 9.73 Å². The molecule has 2 aliphatic rings. The average molecular weight is 584 g/mol. The normalized spacial score (nSPS) is 16.1. The van der Waals surface area contributed by atoms with E-state index in [1.807, 2.05) is 86.6 Å². The number of para-hydroxylation sites is 2. The van der Waals surface area contributed by atoms with Gasteiger partial charge < -0.3 is 15.4 Å². The molecule has 5 rings (SSSR count). The van der Waals surface area contributed by atoms with Crippen molar-refractivity contribution in [3.8, 4) is 5.75 Å². The van der Waals surface area contributed by atoms with Gasteiger partial charge in [-0.2, -0.15) is 0 Å². The number of hydrogen-bond donors (Lipinski definition) is 2. The van der Waals surface area contributed by atoms with Gasteiger partial charge in [0.1, 0.15) is 17.6 Å². The Bertz CT molecular complexity index is 1550. The number of methoxy groups -OCH3 is 1. The average Bonchev–Trinajstić information content (AvgIpc) is 3.34. The van der Waals surface area contributed by atoms with Crippen molar-refractivity contribution in [1.29, 1.82) is 0 Å². The highest BCUT2D eigenvalue weighted by atomic mass is 32.2. The first-order chi connectivity index (χ1) is 20.4. The lowest BCUT2D eigenvalue weighted by molar-refractivity contribution is -0.128. The third-order valence-electron chi connectivity index (χ3n) is 7.09. The van der Waals surface area contributed by atoms with Gasteiger partial charge >= 0.3 is 0 Å². The van der Waals surface area contributed by atoms with Crippen molar-refractivity contribution in [3.63, 3.8) is 0 Å². The molecule has 0 radical (unpaired) electrons. The number of fused-ring (bicyclic) bond motifs is 3. The van der Waals surface area contributed by atoms with Gasteiger partial charge in [0.2, 0.25) is 11.8 Å². The Morgan fingerprint density at radius 3 is 2.50 bits per heavy atom. The molecule has 0 bridgehead atoms. The molecule has 0 saturated carbocycles. The number of benzene rings is 3. The fraction of sp³-hybridized carbons (Fsp3) is 0.281. The highest BCUT2D eigenvalue weighted by Gasteiger charge is 2.43. The van der Waals surface area contributed by atoms with Crippen LogP contribution in [0.25, 0.3) is 0 Å². The zero-order chi connectivity index (χ0) is 29.6. The standard InChI is InChI=1S/C32H33N5O4S/c1-4-27(30(39)34-18-21-15-13-20(2)14-16-21)42-32-36-24-11-7-6-10-23(24)29-35-25(31(40)37(29)32)17-28(38)33-19-22-9-5-8-12-26(22)41-3/h5-16,25,27H,4,17-19H2,1-3H3,(H,33,38)(H,34,39)/t25-,27-/m0/s1. The molecular weight excluding hydrogens is 550 g/mol. The maximum absolute atomic E-state index is 13.7. The number of nitrogens with zero attached hydrogens (tertiary/aromatic N) is 3. The van der Waals surface area contributed by atoms with Gasteiger partial charge in [0, 0.05) is 24.2 Å². The van der Waals surface area contributed by atoms with Gasteiger partial charge in [0.25, 0.3) is 5.91 Å². The fourth-order valence-electron chi connectivity index (χ4n) is 4.76. The lowest BCUT2D eigenvalue weighted by Gasteiger charge is -2.27. The predicted molar refractivity (Wildman–Crippen MR) is 165 cm³/mol. The van der Waals surface area contributed by atoms with E-state index < -0.39 is 11.3 Å². The molecule has 0 aromatic heterocycles. The zero-order valence-corrected chi connectivity index (χ0v) is 24.6. The second-order valence-corrected chi connectivity index (χ2v) is 11.2. The smallest absolute Gasteiger partial charge is 0.259 e. The van der Waals surface area contributed by atoms with E-state index in [1.165, 1.54) is 16.7 Å². The minimum atomic E-state index is -0.898. The van der Waals surface area contributed by atoms with Crippen molar-refractivity contribution in [2.75, 3.05) is 7.11 Å². The van der Waals surface area contributed by atoms with Crippen molar-refractivity contribution < 1.29 is 19.1 Å². The maximum Gasteiger partial charge on any atom is 0.259 e. The van der Waals surface area contributed by atoms with Crippen LogP contribution in [0.15, 0.2) is 82.8 Å². The summed E-state index contributed by atoms with van der Waals surface area (Å²) in [5.74, 6) is 0.348. The van der Waals surface area contributed by atoms with Gasteiger partial charge in [-0.05, 0) is 37.1 Å². The molecule has 2 N–H and O–H groups in total. The quantitative estimate of drug-likeness (QED) is 0.365. The number of nitrogens with one attached hydrogen (secondary N) is 2. The van der Waals surface area contributed by atoms with Gasteiger partial charge in [-0.3, -0.25) is 19.4 Å². The van der Waals surface area contributed by atoms with Gasteiger partial charge in [0.05, 0.1) is 24.5 Å². The molecule has 0 fully saturated rings. The first-order valence-corrected chi connectivity index (χ1v) is 14.7. The first-order valence-electron chi connectivity index (χ1n) is 13.9. The molecule has 3 aromatic rings. The molecule has 216 valence electrons. The Labute approximate surface area is 249 Å². The minimum absolute atomic E-state index is 0.109. The molecule has 10 heteroatoms. The number of rotatable bonds is 10. The van der Waals surface area contributed by atoms with Crippen molar-refractivity contribution >= 4 is 46.2 Å². The molecular formula is C32H33N5O4S. The van der Waals surface area contributed by atoms with Gasteiger partial charge in [-0.25, -0.2) is 9.89 Å². The molecule has 2 atom stereocenters. The summed E-state index contributed by atoms with van der Waals surface area (Å²) in [4.78, 5) is 50.6. The molecule has 42 heavy (non-hydrogen) atoms. The topological polar surface area (TPSA) is 112 Å². The summed E-state index contributed by atoms with van der Waals surface area (Å²) >= 11 is 1.24. The number of carbonyl (C=O) groups excluding carboxylic acids is 3. The van der Waals surface area contributed by atoms with E-state index in [0.29, 0.717) is 41.0 Å². The van der Waals surface area contributed by atoms with Crippen molar-refractivity contribution in [2.24, 2.45) is 9.98 Å². The molecule has 2 heterocycles. The summed E-state index contributed by atoms with van der Waals surface area (Å²) in [6.45, 7) is 4.62. The van der Waals surface area contributed by atoms with E-state index >= 15 is 0 Å². The number of amidine groups is 2. The van der Waals surface area contributed by atoms with Crippen LogP contribution in [0.3, 0.4) is 0 Å². The molecule has 2 aliphatic heterocycles. The predicted octanol–water partition coefficient (Wildman–Crippen LogP) is 4.50. The number of thioether (sulfide) groups is 1. The zero-order valence-electron chi connectivity index (χ0n) is 23.8. The van der Waals surface area contributed by atoms with Crippen LogP contribution in [0, 0.1) is 6.92 Å². The molecule has 0 spiro atoms. The largest absolute Gasteiger partial charge is 0.496 e. The van der Waals surface area contributed by atoms with Crippen LogP contribution < -0.4 is 15.4 Å². The number of aliphatic imine (C=N–C) groups is 2. The number of carbonyl (C=O) groups is 3. The maximum atomic E-state index is 13.7. The Kier molecular flexibility index (Phi) is 9.02. The second-order valence-electron chi connectivity index (χ2n) is 10.1. The van der Waals surface area contributed by atoms with Crippen LogP contribution in [-0.2, 0) is 27.5 Å². The van der Waals surface area contributed by atoms with Crippen LogP contribution >= 0.6 is 11.8 Å². The monoisotopic (exact) mass is 583 g/mol. The van der Waals surface area contributed by atoms with Crippen molar-refractivity contribution in [1.82, 2.24) is 15.5 Å². The summed E-state index contributed by atoms with van der Waals surface area (Å²) < 4.78 is 5.36. The Balaban J connectivity index is 1.29. The van der Waals surface area contributed by atoms with Gasteiger partial charge in [0.15, 0.2) is 5.17 Å². The lowest BCUT2D eigenvalue weighted by Crippen LogP contribution is -2.43. The van der Waals surface area contributed by atoms with Gasteiger partial charge in [-0.1, -0.05) is 78.8 Å². The second kappa shape index (κ2) is 13.0. The van der Waals surface area contributed by atoms with Gasteiger partial charge in [-0.15, -0.1) is 0 Å². The third-order valence-corrected chi connectivity index (χ3v) is 8.41. The Morgan fingerprint density at radius 2 is 1.74 bits per heavy atom. The van der Waals surface area contributed by atoms with E-state index in [0.717, 1.165) is 16.7 Å². The third kappa shape index (κ3) is 6.38. The van der Waals surface area contributed by atoms with E-state index in [1.54, 1.807) is 7.11 Å². The number of aryl methyl sites for hydroxylation is 1. The molecule has 9 nitrogen and oxygen atoms in total. The summed E-state index contributed by atoms with van der Waals surface area (Å²) in [6.07, 6.45) is 0.427. The van der Waals surface area contributed by atoms with E-state index in [2.05, 4.69) is 15.6 Å². The lowest BCUT2D eigenvalue weighted by atomic mass is 10.1. The number of ether oxygens (including phenoxy) is 1. The molecule has 0 aliphatic carbocycles. The molecule has 3 aromatic carbocycles. The Hall–Kier alpha value is -4.44. The summed E-state index contributed by atoms with van der Waals surface area (Å²) in [7, 11) is 1.58. The first kappa shape index (κ1) is 29.1. The molecule has 0 unspecified atom stereocenters. The van der Waals surface area contributed by atoms with Crippen molar-refractivity contribution in [3.05, 3.63) is 95.1 Å². The summed E-state index contributed by atoms with van der Waals surface area (Å²) in [6, 6.07) is 22.0.